The molecule has 0 amide bonds. The summed E-state index contributed by atoms with van der Waals surface area (Å²) >= 11 is 0. The fourth-order valence-corrected chi connectivity index (χ4v) is 1.82. The summed E-state index contributed by atoms with van der Waals surface area (Å²) in [6, 6.07) is 8.27. The molecule has 2 rings (SSSR count). The Labute approximate surface area is 115 Å². The Morgan fingerprint density at radius 3 is 2.85 bits per heavy atom. The van der Waals surface area contributed by atoms with E-state index in [1.807, 2.05) is 19.1 Å². The summed E-state index contributed by atoms with van der Waals surface area (Å²) in [6.45, 7) is 1.88. The third-order valence-electron chi connectivity index (χ3n) is 2.79. The fourth-order valence-electron chi connectivity index (χ4n) is 1.82. The predicted molar refractivity (Wildman–Crippen MR) is 72.1 cm³/mol. The van der Waals surface area contributed by atoms with Gasteiger partial charge >= 0.3 is 0 Å². The summed E-state index contributed by atoms with van der Waals surface area (Å²) in [5.41, 5.74) is 1.06. The monoisotopic (exact) mass is 271 g/mol. The molecular formula is C14H13N3O3. The number of aryl methyl sites for hydroxylation is 1. The molecule has 1 N–H and O–H groups in total. The van der Waals surface area contributed by atoms with Crippen molar-refractivity contribution in [3.05, 3.63) is 45.9 Å². The van der Waals surface area contributed by atoms with Gasteiger partial charge in [0, 0.05) is 6.07 Å². The summed E-state index contributed by atoms with van der Waals surface area (Å²) in [5, 5.41) is 22.4. The molecule has 0 unspecified atom stereocenters. The van der Waals surface area contributed by atoms with Crippen molar-refractivity contribution in [3.8, 4) is 23.3 Å². The van der Waals surface area contributed by atoms with Crippen molar-refractivity contribution in [2.75, 3.05) is 7.11 Å². The van der Waals surface area contributed by atoms with Crippen LogP contribution in [0.3, 0.4) is 0 Å². The molecular weight excluding hydrogens is 258 g/mol. The van der Waals surface area contributed by atoms with E-state index >= 15 is 0 Å². The topological polar surface area (TPSA) is 88.1 Å². The number of hydrogen-bond donors (Lipinski definition) is 1. The lowest BCUT2D eigenvalue weighted by Crippen LogP contribution is -2.22. The number of benzene rings is 1. The van der Waals surface area contributed by atoms with E-state index in [1.165, 1.54) is 7.11 Å². The molecule has 0 aliphatic rings. The van der Waals surface area contributed by atoms with Gasteiger partial charge in [0.05, 0.1) is 19.6 Å². The lowest BCUT2D eigenvalue weighted by Gasteiger charge is -2.12. The van der Waals surface area contributed by atoms with Crippen molar-refractivity contribution >= 4 is 0 Å². The van der Waals surface area contributed by atoms with Crippen LogP contribution in [0, 0.1) is 18.3 Å². The Bertz CT molecular complexity index is 744. The Morgan fingerprint density at radius 2 is 2.20 bits per heavy atom. The summed E-state index contributed by atoms with van der Waals surface area (Å²) in [6.07, 6.45) is -0.0831. The Kier molecular flexibility index (Phi) is 3.71. The SMILES string of the molecule is COc1ccc(C)cc1-n1nc(CC#N)c(O)cc1=O. The second kappa shape index (κ2) is 5.45. The van der Waals surface area contributed by atoms with Gasteiger partial charge in [-0.15, -0.1) is 0 Å². The van der Waals surface area contributed by atoms with Crippen LogP contribution in [0.2, 0.25) is 0 Å². The first-order valence-electron chi connectivity index (χ1n) is 5.91. The molecule has 0 aliphatic heterocycles. The minimum atomic E-state index is -0.493. The van der Waals surface area contributed by atoms with Crippen molar-refractivity contribution in [2.24, 2.45) is 0 Å². The third-order valence-corrected chi connectivity index (χ3v) is 2.79. The van der Waals surface area contributed by atoms with Gasteiger partial charge in [0.1, 0.15) is 22.9 Å². The van der Waals surface area contributed by atoms with E-state index in [1.54, 1.807) is 12.1 Å². The maximum absolute atomic E-state index is 12.0. The van der Waals surface area contributed by atoms with Crippen LogP contribution < -0.4 is 10.3 Å². The van der Waals surface area contributed by atoms with Crippen molar-refractivity contribution in [3.63, 3.8) is 0 Å². The second-order valence-electron chi connectivity index (χ2n) is 4.24. The molecule has 0 radical (unpaired) electrons. The molecule has 0 fully saturated rings. The average molecular weight is 271 g/mol. The number of nitriles is 1. The number of aromatic nitrogens is 2. The molecule has 0 saturated carbocycles. The van der Waals surface area contributed by atoms with E-state index in [4.69, 9.17) is 10.00 Å². The van der Waals surface area contributed by atoms with E-state index in [0.29, 0.717) is 11.4 Å². The molecule has 20 heavy (non-hydrogen) atoms. The number of ether oxygens (including phenoxy) is 1. The van der Waals surface area contributed by atoms with Crippen LogP contribution in [-0.2, 0) is 6.42 Å². The summed E-state index contributed by atoms with van der Waals surface area (Å²) in [4.78, 5) is 12.0. The van der Waals surface area contributed by atoms with Crippen LogP contribution in [0.4, 0.5) is 0 Å². The van der Waals surface area contributed by atoms with E-state index in [9.17, 15) is 9.90 Å². The molecule has 0 saturated heterocycles. The molecule has 2 aromatic rings. The molecule has 0 bridgehead atoms. The van der Waals surface area contributed by atoms with E-state index in [0.717, 1.165) is 16.3 Å². The zero-order valence-corrected chi connectivity index (χ0v) is 11.1. The van der Waals surface area contributed by atoms with Crippen molar-refractivity contribution in [1.29, 1.82) is 5.26 Å². The van der Waals surface area contributed by atoms with Gasteiger partial charge in [-0.25, -0.2) is 0 Å². The van der Waals surface area contributed by atoms with Gasteiger partial charge in [-0.1, -0.05) is 6.07 Å². The first kappa shape index (κ1) is 13.6. The van der Waals surface area contributed by atoms with E-state index in [2.05, 4.69) is 5.10 Å². The fraction of sp³-hybridized carbons (Fsp3) is 0.214. The van der Waals surface area contributed by atoms with Crippen molar-refractivity contribution < 1.29 is 9.84 Å². The minimum absolute atomic E-state index is 0.0831. The highest BCUT2D eigenvalue weighted by molar-refractivity contribution is 5.48. The smallest absolute Gasteiger partial charge is 0.275 e. The van der Waals surface area contributed by atoms with Gasteiger partial charge in [-0.2, -0.15) is 15.0 Å². The molecule has 1 aromatic carbocycles. The largest absolute Gasteiger partial charge is 0.506 e. The third kappa shape index (κ3) is 2.47. The first-order valence-corrected chi connectivity index (χ1v) is 5.91. The minimum Gasteiger partial charge on any atom is -0.506 e. The molecule has 102 valence electrons. The lowest BCUT2D eigenvalue weighted by molar-refractivity contribution is 0.410. The maximum Gasteiger partial charge on any atom is 0.275 e. The predicted octanol–water partition coefficient (Wildman–Crippen LogP) is 1.32. The maximum atomic E-state index is 12.0. The molecule has 0 atom stereocenters. The van der Waals surface area contributed by atoms with Gasteiger partial charge in [0.15, 0.2) is 0 Å². The molecule has 0 aliphatic carbocycles. The lowest BCUT2D eigenvalue weighted by atomic mass is 10.2. The second-order valence-corrected chi connectivity index (χ2v) is 4.24. The zero-order chi connectivity index (χ0) is 14.7. The highest BCUT2D eigenvalue weighted by atomic mass is 16.5. The highest BCUT2D eigenvalue weighted by Gasteiger charge is 2.12. The summed E-state index contributed by atoms with van der Waals surface area (Å²) < 4.78 is 6.34. The standard InChI is InChI=1S/C14H13N3O3/c1-9-3-4-13(20-2)11(7-9)17-14(19)8-12(18)10(16-17)5-6-15/h3-4,7-8,18H,5H2,1-2H3. The molecule has 6 nitrogen and oxygen atoms in total. The molecule has 1 heterocycles. The van der Waals surface area contributed by atoms with Crippen LogP contribution in [0.15, 0.2) is 29.1 Å². The summed E-state index contributed by atoms with van der Waals surface area (Å²) in [5.74, 6) is 0.207. The quantitative estimate of drug-likeness (QED) is 0.909. The number of nitrogens with zero attached hydrogens (tertiary/aromatic N) is 3. The van der Waals surface area contributed by atoms with Crippen LogP contribution in [0.5, 0.6) is 11.5 Å². The average Bonchev–Trinajstić information content (AvgIpc) is 2.42. The number of aromatic hydroxyl groups is 1. The Morgan fingerprint density at radius 1 is 1.45 bits per heavy atom. The van der Waals surface area contributed by atoms with Gasteiger partial charge in [0.2, 0.25) is 0 Å². The Balaban J connectivity index is 2.70. The molecule has 1 aromatic heterocycles. The van der Waals surface area contributed by atoms with E-state index in [-0.39, 0.29) is 17.9 Å². The van der Waals surface area contributed by atoms with Crippen molar-refractivity contribution in [1.82, 2.24) is 9.78 Å². The normalized spacial score (nSPS) is 10.1. The zero-order valence-electron chi connectivity index (χ0n) is 11.1. The highest BCUT2D eigenvalue weighted by Crippen LogP contribution is 2.23. The summed E-state index contributed by atoms with van der Waals surface area (Å²) in [7, 11) is 1.50. The van der Waals surface area contributed by atoms with E-state index < -0.39 is 5.56 Å². The molecule has 6 heteroatoms. The number of hydrogen-bond acceptors (Lipinski definition) is 5. The van der Waals surface area contributed by atoms with Gasteiger partial charge in [-0.3, -0.25) is 4.79 Å². The van der Waals surface area contributed by atoms with Crippen LogP contribution in [0.25, 0.3) is 5.69 Å². The van der Waals surface area contributed by atoms with Crippen LogP contribution in [0.1, 0.15) is 11.3 Å². The number of rotatable bonds is 3. The van der Waals surface area contributed by atoms with Gasteiger partial charge in [-0.05, 0) is 24.6 Å². The first-order chi connectivity index (χ1) is 9.56. The number of methoxy groups -OCH3 is 1. The molecule has 0 spiro atoms. The van der Waals surface area contributed by atoms with Crippen molar-refractivity contribution in [2.45, 2.75) is 13.3 Å². The van der Waals surface area contributed by atoms with Gasteiger partial charge < -0.3 is 9.84 Å². The van der Waals surface area contributed by atoms with Gasteiger partial charge in [0.25, 0.3) is 5.56 Å². The van der Waals surface area contributed by atoms with Crippen LogP contribution >= 0.6 is 0 Å². The Hall–Kier alpha value is -2.81. The van der Waals surface area contributed by atoms with Crippen LogP contribution in [-0.4, -0.2) is 22.0 Å².